The number of carbonyl (C=O) groups is 1. The van der Waals surface area contributed by atoms with Crippen molar-refractivity contribution in [3.05, 3.63) is 58.7 Å². The molecule has 0 spiro atoms. The summed E-state index contributed by atoms with van der Waals surface area (Å²) in [5, 5.41) is 0. The van der Waals surface area contributed by atoms with Crippen LogP contribution in [-0.2, 0) is 4.74 Å². The number of esters is 1. The number of carbonyl (C=O) groups excluding carboxylic acids is 1. The quantitative estimate of drug-likeness (QED) is 0.603. The molecule has 0 N–H and O–H groups in total. The van der Waals surface area contributed by atoms with Crippen molar-refractivity contribution >= 4 is 24.1 Å². The molecule has 2 aliphatic heterocycles. The minimum atomic E-state index is -0.340. The summed E-state index contributed by atoms with van der Waals surface area (Å²) in [6, 6.07) is 11.9. The Morgan fingerprint density at radius 1 is 1.09 bits per heavy atom. The monoisotopic (exact) mass is 458 g/mol. The van der Waals surface area contributed by atoms with E-state index in [1.807, 2.05) is 26.0 Å². The summed E-state index contributed by atoms with van der Waals surface area (Å²) < 4.78 is 16.7. The van der Waals surface area contributed by atoms with Crippen molar-refractivity contribution < 1.29 is 19.0 Å². The van der Waals surface area contributed by atoms with Crippen molar-refractivity contribution in [1.29, 1.82) is 0 Å². The number of piperidine rings is 1. The molecule has 1 saturated heterocycles. The van der Waals surface area contributed by atoms with Crippen LogP contribution in [0.1, 0.15) is 53.2 Å². The van der Waals surface area contributed by atoms with Gasteiger partial charge in [-0.3, -0.25) is 4.99 Å². The fourth-order valence-corrected chi connectivity index (χ4v) is 4.53. The molecule has 0 amide bonds. The van der Waals surface area contributed by atoms with E-state index in [0.717, 1.165) is 47.8 Å². The zero-order chi connectivity index (χ0) is 22.0. The minimum absolute atomic E-state index is 0. The predicted molar refractivity (Wildman–Crippen MR) is 128 cm³/mol. The number of likely N-dealkylation sites (tertiary alicyclic amines) is 1. The number of ether oxygens (including phenoxy) is 3. The van der Waals surface area contributed by atoms with Crippen LogP contribution in [0.3, 0.4) is 0 Å². The third kappa shape index (κ3) is 4.62. The first-order valence-electron chi connectivity index (χ1n) is 10.9. The first kappa shape index (κ1) is 24.1. The Hall–Kier alpha value is -2.57. The van der Waals surface area contributed by atoms with Crippen LogP contribution in [0, 0.1) is 0 Å². The van der Waals surface area contributed by atoms with E-state index in [1.165, 1.54) is 12.7 Å². The molecule has 6 nitrogen and oxygen atoms in total. The lowest BCUT2D eigenvalue weighted by molar-refractivity contribution is 0.0600. The van der Waals surface area contributed by atoms with E-state index < -0.39 is 0 Å². The number of hydrogen-bond acceptors (Lipinski definition) is 6. The molecule has 172 valence electrons. The van der Waals surface area contributed by atoms with Crippen LogP contribution in [-0.4, -0.2) is 63.1 Å². The average molecular weight is 459 g/mol. The van der Waals surface area contributed by atoms with E-state index in [-0.39, 0.29) is 24.4 Å². The van der Waals surface area contributed by atoms with Gasteiger partial charge in [0.1, 0.15) is 0 Å². The summed E-state index contributed by atoms with van der Waals surface area (Å²) in [5.41, 5.74) is 4.79. The fourth-order valence-electron chi connectivity index (χ4n) is 4.53. The van der Waals surface area contributed by atoms with Gasteiger partial charge in [0.05, 0.1) is 37.6 Å². The molecule has 4 rings (SSSR count). The number of likely N-dealkylation sites (N-methyl/N-ethyl adjacent to an activating group) is 1. The van der Waals surface area contributed by atoms with Gasteiger partial charge in [-0.15, -0.1) is 12.4 Å². The van der Waals surface area contributed by atoms with Crippen molar-refractivity contribution in [1.82, 2.24) is 4.90 Å². The Morgan fingerprint density at radius 2 is 1.75 bits per heavy atom. The molecule has 7 heteroatoms. The van der Waals surface area contributed by atoms with Crippen LogP contribution in [0.25, 0.3) is 0 Å². The number of halogens is 1. The maximum atomic E-state index is 11.8. The van der Waals surface area contributed by atoms with Gasteiger partial charge in [0.25, 0.3) is 0 Å². The molecule has 2 atom stereocenters. The Balaban J connectivity index is 0.00000289. The SMILES string of the molecule is CCOc1cc2c(cc1OCC)[C@H]1CN(C)CC[C@H]1N=C2c1ccc(C(=O)OC)cc1.Cl. The Morgan fingerprint density at radius 3 is 2.38 bits per heavy atom. The lowest BCUT2D eigenvalue weighted by Gasteiger charge is -2.39. The highest BCUT2D eigenvalue weighted by Gasteiger charge is 2.36. The molecule has 1 fully saturated rings. The predicted octanol–water partition coefficient (Wildman–Crippen LogP) is 4.33. The Kier molecular flexibility index (Phi) is 7.80. The van der Waals surface area contributed by atoms with Crippen LogP contribution in [0.15, 0.2) is 41.4 Å². The molecule has 2 heterocycles. The lowest BCUT2D eigenvalue weighted by Crippen LogP contribution is -2.41. The molecule has 32 heavy (non-hydrogen) atoms. The number of nitrogens with zero attached hydrogens (tertiary/aromatic N) is 2. The number of hydrogen-bond donors (Lipinski definition) is 0. The lowest BCUT2D eigenvalue weighted by atomic mass is 9.79. The second-order valence-corrected chi connectivity index (χ2v) is 8.02. The average Bonchev–Trinajstić information content (AvgIpc) is 2.79. The number of methoxy groups -OCH3 is 1. The first-order chi connectivity index (χ1) is 15.0. The molecule has 2 aromatic rings. The third-order valence-corrected chi connectivity index (χ3v) is 6.02. The molecule has 2 aromatic carbocycles. The Labute approximate surface area is 196 Å². The van der Waals surface area contributed by atoms with E-state index in [1.54, 1.807) is 12.1 Å². The molecule has 0 aromatic heterocycles. The van der Waals surface area contributed by atoms with Crippen molar-refractivity contribution in [2.45, 2.75) is 32.2 Å². The highest BCUT2D eigenvalue weighted by atomic mass is 35.5. The van der Waals surface area contributed by atoms with Crippen LogP contribution in [0.2, 0.25) is 0 Å². The molecule has 0 aliphatic carbocycles. The van der Waals surface area contributed by atoms with Gasteiger partial charge in [-0.1, -0.05) is 12.1 Å². The van der Waals surface area contributed by atoms with Crippen molar-refractivity contribution in [3.8, 4) is 11.5 Å². The molecular weight excluding hydrogens is 428 g/mol. The van der Waals surface area contributed by atoms with Crippen LogP contribution in [0.5, 0.6) is 11.5 Å². The zero-order valence-corrected chi connectivity index (χ0v) is 19.9. The summed E-state index contributed by atoms with van der Waals surface area (Å²) in [4.78, 5) is 19.4. The van der Waals surface area contributed by atoms with E-state index in [4.69, 9.17) is 19.2 Å². The molecule has 2 aliphatic rings. The normalized spacial score (nSPS) is 19.7. The van der Waals surface area contributed by atoms with Gasteiger partial charge in [0.2, 0.25) is 0 Å². The maximum absolute atomic E-state index is 11.8. The van der Waals surface area contributed by atoms with Gasteiger partial charge >= 0.3 is 5.97 Å². The highest BCUT2D eigenvalue weighted by Crippen LogP contribution is 2.42. The number of rotatable bonds is 6. The number of fused-ring (bicyclic) bond motifs is 3. The molecular formula is C25H31ClN2O4. The minimum Gasteiger partial charge on any atom is -0.490 e. The molecule has 0 unspecified atom stereocenters. The van der Waals surface area contributed by atoms with Crippen molar-refractivity contribution in [2.75, 3.05) is 40.5 Å². The third-order valence-electron chi connectivity index (χ3n) is 6.02. The largest absolute Gasteiger partial charge is 0.490 e. The summed E-state index contributed by atoms with van der Waals surface area (Å²) in [7, 11) is 3.56. The maximum Gasteiger partial charge on any atom is 0.337 e. The fraction of sp³-hybridized carbons (Fsp3) is 0.440. The Bertz CT molecular complexity index is 990. The summed E-state index contributed by atoms with van der Waals surface area (Å²) in [6.07, 6.45) is 1.02. The molecule has 0 saturated carbocycles. The van der Waals surface area contributed by atoms with E-state index in [2.05, 4.69) is 24.1 Å². The molecule has 0 radical (unpaired) electrons. The van der Waals surface area contributed by atoms with E-state index >= 15 is 0 Å². The highest BCUT2D eigenvalue weighted by molar-refractivity contribution is 6.15. The van der Waals surface area contributed by atoms with Gasteiger partial charge in [-0.05, 0) is 63.7 Å². The zero-order valence-electron chi connectivity index (χ0n) is 19.1. The topological polar surface area (TPSA) is 60.4 Å². The summed E-state index contributed by atoms with van der Waals surface area (Å²) in [5.74, 6) is 1.51. The second kappa shape index (κ2) is 10.4. The van der Waals surface area contributed by atoms with Gasteiger partial charge < -0.3 is 19.1 Å². The standard InChI is InChI=1S/C25H30N2O4.ClH/c1-5-30-22-13-18-19(14-23(22)31-6-2)24(26-21-11-12-27(3)15-20(18)21)16-7-9-17(10-8-16)25(28)29-4;/h7-10,13-14,20-21H,5-6,11-12,15H2,1-4H3;1H/t20-,21-;/m1./s1. The number of benzene rings is 2. The van der Waals surface area contributed by atoms with Crippen LogP contribution < -0.4 is 9.47 Å². The van der Waals surface area contributed by atoms with Crippen molar-refractivity contribution in [2.24, 2.45) is 4.99 Å². The van der Waals surface area contributed by atoms with Crippen molar-refractivity contribution in [3.63, 3.8) is 0 Å². The van der Waals surface area contributed by atoms with Gasteiger partial charge in [-0.25, -0.2) is 4.79 Å². The molecule has 0 bridgehead atoms. The summed E-state index contributed by atoms with van der Waals surface area (Å²) in [6.45, 7) is 7.11. The first-order valence-corrected chi connectivity index (χ1v) is 10.9. The van der Waals surface area contributed by atoms with E-state index in [0.29, 0.717) is 24.7 Å². The van der Waals surface area contributed by atoms with Gasteiger partial charge in [0, 0.05) is 23.6 Å². The summed E-state index contributed by atoms with van der Waals surface area (Å²) >= 11 is 0. The van der Waals surface area contributed by atoms with Crippen LogP contribution in [0.4, 0.5) is 0 Å². The number of aliphatic imine (C=N–C) groups is 1. The van der Waals surface area contributed by atoms with Crippen LogP contribution >= 0.6 is 12.4 Å². The second-order valence-electron chi connectivity index (χ2n) is 8.02. The van der Waals surface area contributed by atoms with Gasteiger partial charge in [0.15, 0.2) is 11.5 Å². The van der Waals surface area contributed by atoms with Gasteiger partial charge in [-0.2, -0.15) is 0 Å². The van der Waals surface area contributed by atoms with E-state index in [9.17, 15) is 4.79 Å². The smallest absolute Gasteiger partial charge is 0.337 e.